The van der Waals surface area contributed by atoms with Crippen molar-refractivity contribution in [2.24, 2.45) is 0 Å². The van der Waals surface area contributed by atoms with Gasteiger partial charge in [0.05, 0.1) is 17.3 Å². The highest BCUT2D eigenvalue weighted by Gasteiger charge is 2.27. The summed E-state index contributed by atoms with van der Waals surface area (Å²) >= 11 is 6.36. The number of anilines is 1. The molecule has 1 aromatic heterocycles. The summed E-state index contributed by atoms with van der Waals surface area (Å²) < 4.78 is 29.5. The fraction of sp³-hybridized carbons (Fsp3) is 0.111. The van der Waals surface area contributed by atoms with Gasteiger partial charge in [0.2, 0.25) is 0 Å². The smallest absolute Gasteiger partial charge is 0.493 e. The number of nitrogens with one attached hydrogen (secondary N) is 1. The lowest BCUT2D eigenvalue weighted by Gasteiger charge is -2.25. The quantitative estimate of drug-likeness (QED) is 0.268. The molecule has 0 fully saturated rings. The van der Waals surface area contributed by atoms with Gasteiger partial charge in [-0.25, -0.2) is 9.18 Å². The van der Waals surface area contributed by atoms with Crippen LogP contribution in [0, 0.1) is 5.82 Å². The molecule has 4 aromatic rings. The average Bonchev–Trinajstić information content (AvgIpc) is 2.91. The van der Waals surface area contributed by atoms with Gasteiger partial charge in [0.1, 0.15) is 29.2 Å². The number of ether oxygens (including phenoxy) is 3. The van der Waals surface area contributed by atoms with Gasteiger partial charge in [-0.2, -0.15) is 0 Å². The number of nitrogens with zero attached hydrogens (tertiary/aromatic N) is 2. The van der Waals surface area contributed by atoms with E-state index in [4.69, 9.17) is 30.9 Å². The van der Waals surface area contributed by atoms with Crippen LogP contribution in [0.1, 0.15) is 28.4 Å². The van der Waals surface area contributed by atoms with Crippen molar-refractivity contribution in [2.75, 3.05) is 11.9 Å². The third-order valence-electron chi connectivity index (χ3n) is 5.68. The monoisotopic (exact) mass is 535 g/mol. The second kappa shape index (κ2) is 10.7. The number of halogens is 2. The highest BCUT2D eigenvalue weighted by Crippen LogP contribution is 2.42. The van der Waals surface area contributed by atoms with Crippen molar-refractivity contribution in [1.29, 1.82) is 0 Å². The summed E-state index contributed by atoms with van der Waals surface area (Å²) in [7, 11) is 0. The van der Waals surface area contributed by atoms with Gasteiger partial charge in [0, 0.05) is 29.2 Å². The average molecular weight is 536 g/mol. The SMILES string of the molecule is O=C(O)OC1CCOc2cc(Oc3ccc(C(=O)Nc4ccc(-c5ccc(F)cc5)nn4)cc3)c(Cl)cc21. The van der Waals surface area contributed by atoms with E-state index in [1.807, 2.05) is 0 Å². The van der Waals surface area contributed by atoms with Crippen LogP contribution in [0.5, 0.6) is 17.2 Å². The molecule has 0 saturated heterocycles. The minimum atomic E-state index is -1.38. The minimum Gasteiger partial charge on any atom is -0.493 e. The van der Waals surface area contributed by atoms with Gasteiger partial charge >= 0.3 is 6.16 Å². The van der Waals surface area contributed by atoms with E-state index in [-0.39, 0.29) is 23.3 Å². The molecule has 1 atom stereocenters. The third-order valence-corrected chi connectivity index (χ3v) is 5.98. The fourth-order valence-electron chi connectivity index (χ4n) is 3.84. The van der Waals surface area contributed by atoms with Crippen LogP contribution in [0.3, 0.4) is 0 Å². The number of benzene rings is 3. The van der Waals surface area contributed by atoms with E-state index in [9.17, 15) is 14.0 Å². The van der Waals surface area contributed by atoms with E-state index >= 15 is 0 Å². The molecule has 0 radical (unpaired) electrons. The normalized spacial score (nSPS) is 14.1. The second-order valence-electron chi connectivity index (χ2n) is 8.22. The predicted molar refractivity (Wildman–Crippen MR) is 135 cm³/mol. The zero-order valence-electron chi connectivity index (χ0n) is 19.6. The van der Waals surface area contributed by atoms with Crippen molar-refractivity contribution in [2.45, 2.75) is 12.5 Å². The number of carbonyl (C=O) groups is 2. The molecule has 192 valence electrons. The molecule has 38 heavy (non-hydrogen) atoms. The summed E-state index contributed by atoms with van der Waals surface area (Å²) in [6.07, 6.45) is -1.68. The number of amides is 1. The lowest BCUT2D eigenvalue weighted by atomic mass is 10.0. The standard InChI is InChI=1S/C27H19ClFN3O6/c28-20-13-19-22(38-27(34)35)11-12-36-23(19)14-24(20)37-18-7-3-16(4-8-18)26(33)30-25-10-9-21(31-32-25)15-1-5-17(29)6-2-15/h1-10,13-14,22H,11-12H2,(H,34,35)(H,30,32,33). The number of carboxylic acid groups (broad SMARTS) is 1. The summed E-state index contributed by atoms with van der Waals surface area (Å²) in [5.41, 5.74) is 2.12. The van der Waals surface area contributed by atoms with Gasteiger partial charge < -0.3 is 24.6 Å². The molecular formula is C27H19ClFN3O6. The first kappa shape index (κ1) is 25.0. The van der Waals surface area contributed by atoms with Crippen molar-refractivity contribution >= 4 is 29.5 Å². The van der Waals surface area contributed by atoms with E-state index in [1.165, 1.54) is 12.1 Å². The highest BCUT2D eigenvalue weighted by molar-refractivity contribution is 6.32. The first-order valence-electron chi connectivity index (χ1n) is 11.4. The third kappa shape index (κ3) is 5.65. The first-order valence-corrected chi connectivity index (χ1v) is 11.8. The molecule has 1 aliphatic rings. The Hall–Kier alpha value is -4.70. The van der Waals surface area contributed by atoms with Gasteiger partial charge in [-0.05, 0) is 66.7 Å². The topological polar surface area (TPSA) is 120 Å². The lowest BCUT2D eigenvalue weighted by Crippen LogP contribution is -2.18. The second-order valence-corrected chi connectivity index (χ2v) is 8.63. The largest absolute Gasteiger partial charge is 0.506 e. The van der Waals surface area contributed by atoms with Crippen molar-refractivity contribution in [3.05, 3.63) is 94.8 Å². The van der Waals surface area contributed by atoms with Crippen LogP contribution in [0.2, 0.25) is 5.02 Å². The number of hydrogen-bond acceptors (Lipinski definition) is 7. The maximum Gasteiger partial charge on any atom is 0.506 e. The molecule has 2 N–H and O–H groups in total. The maximum absolute atomic E-state index is 13.1. The zero-order chi connectivity index (χ0) is 26.6. The van der Waals surface area contributed by atoms with Gasteiger partial charge in [-0.15, -0.1) is 10.2 Å². The zero-order valence-corrected chi connectivity index (χ0v) is 20.3. The number of hydrogen-bond donors (Lipinski definition) is 2. The van der Waals surface area contributed by atoms with E-state index in [2.05, 4.69) is 15.5 Å². The Kier molecular flexibility index (Phi) is 7.05. The number of carbonyl (C=O) groups excluding carboxylic acids is 1. The predicted octanol–water partition coefficient (Wildman–Crippen LogP) is 6.50. The fourth-order valence-corrected chi connectivity index (χ4v) is 4.05. The maximum atomic E-state index is 13.1. The van der Waals surface area contributed by atoms with Crippen LogP contribution in [0.25, 0.3) is 11.3 Å². The number of rotatable bonds is 6. The summed E-state index contributed by atoms with van der Waals surface area (Å²) in [6, 6.07) is 18.6. The van der Waals surface area contributed by atoms with Crippen molar-refractivity contribution in [3.63, 3.8) is 0 Å². The number of fused-ring (bicyclic) bond motifs is 1. The van der Waals surface area contributed by atoms with Crippen LogP contribution in [-0.4, -0.2) is 34.0 Å². The molecule has 3 aromatic carbocycles. The first-order chi connectivity index (χ1) is 18.4. The summed E-state index contributed by atoms with van der Waals surface area (Å²) in [5.74, 6) is 0.654. The Morgan fingerprint density at radius 3 is 2.47 bits per heavy atom. The van der Waals surface area contributed by atoms with E-state index in [0.717, 1.165) is 0 Å². The van der Waals surface area contributed by atoms with Crippen LogP contribution in [0.15, 0.2) is 72.8 Å². The molecule has 9 nitrogen and oxygen atoms in total. The van der Waals surface area contributed by atoms with E-state index < -0.39 is 18.2 Å². The molecular weight excluding hydrogens is 517 g/mol. The van der Waals surface area contributed by atoms with Gasteiger partial charge in [0.15, 0.2) is 5.82 Å². The molecule has 5 rings (SSSR count). The number of aromatic nitrogens is 2. The molecule has 0 aliphatic carbocycles. The van der Waals surface area contributed by atoms with E-state index in [0.29, 0.717) is 46.1 Å². The summed E-state index contributed by atoms with van der Waals surface area (Å²) in [5, 5.41) is 20.0. The molecule has 0 saturated carbocycles. The van der Waals surface area contributed by atoms with Crippen molar-refractivity contribution in [1.82, 2.24) is 10.2 Å². The van der Waals surface area contributed by atoms with Crippen LogP contribution >= 0.6 is 11.6 Å². The van der Waals surface area contributed by atoms with Crippen LogP contribution in [-0.2, 0) is 4.74 Å². The Bertz CT molecular complexity index is 1480. The molecule has 1 aliphatic heterocycles. The summed E-state index contributed by atoms with van der Waals surface area (Å²) in [4.78, 5) is 23.6. The van der Waals surface area contributed by atoms with Gasteiger partial charge in [0.25, 0.3) is 5.91 Å². The molecule has 1 unspecified atom stereocenters. The van der Waals surface area contributed by atoms with Crippen molar-refractivity contribution < 1.29 is 33.3 Å². The molecule has 2 heterocycles. The van der Waals surface area contributed by atoms with Crippen molar-refractivity contribution in [3.8, 4) is 28.5 Å². The highest BCUT2D eigenvalue weighted by atomic mass is 35.5. The summed E-state index contributed by atoms with van der Waals surface area (Å²) in [6.45, 7) is 0.287. The Balaban J connectivity index is 1.24. The molecule has 11 heteroatoms. The lowest BCUT2D eigenvalue weighted by molar-refractivity contribution is 0.0326. The van der Waals surface area contributed by atoms with Crippen LogP contribution < -0.4 is 14.8 Å². The molecule has 0 bridgehead atoms. The minimum absolute atomic E-state index is 0.248. The van der Waals surface area contributed by atoms with Gasteiger partial charge in [-0.3, -0.25) is 4.79 Å². The van der Waals surface area contributed by atoms with E-state index in [1.54, 1.807) is 60.7 Å². The molecule has 0 spiro atoms. The van der Waals surface area contributed by atoms with Gasteiger partial charge in [-0.1, -0.05) is 11.6 Å². The Labute approximate surface area is 220 Å². The Morgan fingerprint density at radius 2 is 1.79 bits per heavy atom. The van der Waals surface area contributed by atoms with Crippen LogP contribution in [0.4, 0.5) is 15.0 Å². The molecule has 1 amide bonds. The Morgan fingerprint density at radius 1 is 1.03 bits per heavy atom.